The summed E-state index contributed by atoms with van der Waals surface area (Å²) in [5, 5.41) is 8.45. The lowest BCUT2D eigenvalue weighted by Gasteiger charge is -2.16. The van der Waals surface area contributed by atoms with E-state index in [9.17, 15) is 18.0 Å². The standard InChI is InChI=1S/C12H11F3O3/c1-7-9(18-2)5-3-8(4-6-10(16)17)11(7)12(13,14)15/h3-6H,1-2H3,(H,16,17)/b6-4+. The van der Waals surface area contributed by atoms with E-state index < -0.39 is 17.7 Å². The van der Waals surface area contributed by atoms with Gasteiger partial charge < -0.3 is 9.84 Å². The Morgan fingerprint density at radius 2 is 2.00 bits per heavy atom. The molecule has 0 aliphatic carbocycles. The van der Waals surface area contributed by atoms with Gasteiger partial charge in [0, 0.05) is 11.6 Å². The molecule has 1 rings (SSSR count). The SMILES string of the molecule is COc1ccc(/C=C/C(=O)O)c(C(F)(F)F)c1C. The Hall–Kier alpha value is -1.98. The molecule has 3 nitrogen and oxygen atoms in total. The van der Waals surface area contributed by atoms with Crippen LogP contribution in [0.2, 0.25) is 0 Å². The summed E-state index contributed by atoms with van der Waals surface area (Å²) in [6, 6.07) is 2.54. The number of rotatable bonds is 3. The predicted octanol–water partition coefficient (Wildman–Crippen LogP) is 3.12. The highest BCUT2D eigenvalue weighted by Crippen LogP contribution is 2.38. The topological polar surface area (TPSA) is 46.5 Å². The van der Waals surface area contributed by atoms with Crippen molar-refractivity contribution in [1.29, 1.82) is 0 Å². The molecule has 98 valence electrons. The van der Waals surface area contributed by atoms with Gasteiger partial charge in [-0.05, 0) is 24.6 Å². The molecule has 18 heavy (non-hydrogen) atoms. The number of ether oxygens (including phenoxy) is 1. The number of halogens is 3. The lowest BCUT2D eigenvalue weighted by molar-refractivity contribution is -0.138. The average molecular weight is 260 g/mol. The maximum absolute atomic E-state index is 12.9. The Morgan fingerprint density at radius 3 is 2.44 bits per heavy atom. The number of carboxylic acid groups (broad SMARTS) is 1. The summed E-state index contributed by atoms with van der Waals surface area (Å²) in [4.78, 5) is 10.3. The minimum atomic E-state index is -4.57. The van der Waals surface area contributed by atoms with Gasteiger partial charge in [0.05, 0.1) is 12.7 Å². The summed E-state index contributed by atoms with van der Waals surface area (Å²) in [6.07, 6.45) is -3.00. The predicted molar refractivity (Wildman–Crippen MR) is 59.4 cm³/mol. The highest BCUT2D eigenvalue weighted by Gasteiger charge is 2.35. The second-order valence-electron chi connectivity index (χ2n) is 3.53. The molecule has 6 heteroatoms. The van der Waals surface area contributed by atoms with Gasteiger partial charge in [-0.1, -0.05) is 6.07 Å². The van der Waals surface area contributed by atoms with Gasteiger partial charge in [-0.2, -0.15) is 13.2 Å². The van der Waals surface area contributed by atoms with Crippen molar-refractivity contribution >= 4 is 12.0 Å². The summed E-state index contributed by atoms with van der Waals surface area (Å²) in [5.74, 6) is -1.20. The Labute approximate surface area is 101 Å². The van der Waals surface area contributed by atoms with Gasteiger partial charge in [0.25, 0.3) is 0 Å². The molecule has 0 radical (unpaired) electrons. The maximum atomic E-state index is 12.9. The van der Waals surface area contributed by atoms with E-state index in [2.05, 4.69) is 0 Å². The van der Waals surface area contributed by atoms with Crippen LogP contribution in [0.5, 0.6) is 5.75 Å². The van der Waals surface area contributed by atoms with Crippen molar-refractivity contribution in [3.05, 3.63) is 34.9 Å². The van der Waals surface area contributed by atoms with Crippen LogP contribution in [0.4, 0.5) is 13.2 Å². The van der Waals surface area contributed by atoms with E-state index in [1.807, 2.05) is 0 Å². The van der Waals surface area contributed by atoms with E-state index in [0.29, 0.717) is 6.08 Å². The summed E-state index contributed by atoms with van der Waals surface area (Å²) in [6.45, 7) is 1.28. The number of methoxy groups -OCH3 is 1. The third-order valence-corrected chi connectivity index (χ3v) is 2.36. The van der Waals surface area contributed by atoms with Crippen LogP contribution in [-0.2, 0) is 11.0 Å². The van der Waals surface area contributed by atoms with Crippen LogP contribution in [0.15, 0.2) is 18.2 Å². The first kappa shape index (κ1) is 14.1. The molecule has 0 fully saturated rings. The molecular weight excluding hydrogens is 249 g/mol. The van der Waals surface area contributed by atoms with Crippen LogP contribution < -0.4 is 4.74 Å². The highest BCUT2D eigenvalue weighted by molar-refractivity contribution is 5.85. The quantitative estimate of drug-likeness (QED) is 0.849. The van der Waals surface area contributed by atoms with Gasteiger partial charge in [0.15, 0.2) is 0 Å². The van der Waals surface area contributed by atoms with Gasteiger partial charge >= 0.3 is 12.1 Å². The zero-order chi connectivity index (χ0) is 13.9. The molecular formula is C12H11F3O3. The Balaban J connectivity index is 3.44. The van der Waals surface area contributed by atoms with Gasteiger partial charge in [0.2, 0.25) is 0 Å². The fourth-order valence-corrected chi connectivity index (χ4v) is 1.61. The van der Waals surface area contributed by atoms with Crippen molar-refractivity contribution in [2.45, 2.75) is 13.1 Å². The van der Waals surface area contributed by atoms with Crippen LogP contribution in [0.3, 0.4) is 0 Å². The molecule has 0 aliphatic rings. The van der Waals surface area contributed by atoms with Gasteiger partial charge in [0.1, 0.15) is 5.75 Å². The molecule has 0 aromatic heterocycles. The first-order chi connectivity index (χ1) is 8.27. The zero-order valence-corrected chi connectivity index (χ0v) is 9.71. The Kier molecular flexibility index (Phi) is 4.00. The van der Waals surface area contributed by atoms with E-state index in [1.54, 1.807) is 0 Å². The van der Waals surface area contributed by atoms with Crippen molar-refractivity contribution in [1.82, 2.24) is 0 Å². The maximum Gasteiger partial charge on any atom is 0.417 e. The summed E-state index contributed by atoms with van der Waals surface area (Å²) >= 11 is 0. The lowest BCUT2D eigenvalue weighted by Crippen LogP contribution is -2.11. The van der Waals surface area contributed by atoms with Crippen LogP contribution in [0.25, 0.3) is 6.08 Å². The third-order valence-electron chi connectivity index (χ3n) is 2.36. The van der Waals surface area contributed by atoms with Crippen LogP contribution in [0.1, 0.15) is 16.7 Å². The molecule has 1 aromatic rings. The number of benzene rings is 1. The molecule has 0 saturated carbocycles. The Morgan fingerprint density at radius 1 is 1.39 bits per heavy atom. The minimum Gasteiger partial charge on any atom is -0.496 e. The molecule has 0 saturated heterocycles. The van der Waals surface area contributed by atoms with Gasteiger partial charge in [-0.15, -0.1) is 0 Å². The molecule has 0 unspecified atom stereocenters. The van der Waals surface area contributed by atoms with Crippen molar-refractivity contribution in [2.75, 3.05) is 7.11 Å². The molecule has 0 heterocycles. The Bertz CT molecular complexity index is 490. The first-order valence-corrected chi connectivity index (χ1v) is 4.93. The van der Waals surface area contributed by atoms with E-state index in [0.717, 1.165) is 6.08 Å². The van der Waals surface area contributed by atoms with E-state index in [-0.39, 0.29) is 16.9 Å². The molecule has 0 spiro atoms. The molecule has 0 bridgehead atoms. The van der Waals surface area contributed by atoms with Crippen LogP contribution >= 0.6 is 0 Å². The highest BCUT2D eigenvalue weighted by atomic mass is 19.4. The fourth-order valence-electron chi connectivity index (χ4n) is 1.61. The molecule has 0 aliphatic heterocycles. The van der Waals surface area contributed by atoms with Gasteiger partial charge in [-0.25, -0.2) is 4.79 Å². The number of carbonyl (C=O) groups is 1. The van der Waals surface area contributed by atoms with Crippen molar-refractivity contribution < 1.29 is 27.8 Å². The number of aliphatic carboxylic acids is 1. The lowest BCUT2D eigenvalue weighted by atomic mass is 10.00. The molecule has 0 amide bonds. The van der Waals surface area contributed by atoms with E-state index in [4.69, 9.17) is 9.84 Å². The average Bonchev–Trinajstić information content (AvgIpc) is 2.24. The van der Waals surface area contributed by atoms with E-state index >= 15 is 0 Å². The smallest absolute Gasteiger partial charge is 0.417 e. The largest absolute Gasteiger partial charge is 0.496 e. The number of hydrogen-bond acceptors (Lipinski definition) is 2. The second kappa shape index (κ2) is 5.12. The molecule has 1 N–H and O–H groups in total. The van der Waals surface area contributed by atoms with E-state index in [1.165, 1.54) is 26.2 Å². The van der Waals surface area contributed by atoms with Crippen molar-refractivity contribution in [2.24, 2.45) is 0 Å². The minimum absolute atomic E-state index is 0.0717. The zero-order valence-electron chi connectivity index (χ0n) is 9.71. The monoisotopic (exact) mass is 260 g/mol. The number of alkyl halides is 3. The summed E-state index contributed by atoms with van der Waals surface area (Å²) < 4.78 is 43.6. The number of carboxylic acids is 1. The van der Waals surface area contributed by atoms with Crippen LogP contribution in [0, 0.1) is 6.92 Å². The summed E-state index contributed by atoms with van der Waals surface area (Å²) in [5.41, 5.74) is -1.17. The number of hydrogen-bond donors (Lipinski definition) is 1. The second-order valence-corrected chi connectivity index (χ2v) is 3.53. The molecule has 1 aromatic carbocycles. The van der Waals surface area contributed by atoms with Crippen molar-refractivity contribution in [3.63, 3.8) is 0 Å². The first-order valence-electron chi connectivity index (χ1n) is 4.93. The van der Waals surface area contributed by atoms with Gasteiger partial charge in [-0.3, -0.25) is 0 Å². The van der Waals surface area contributed by atoms with Crippen LogP contribution in [-0.4, -0.2) is 18.2 Å². The fraction of sp³-hybridized carbons (Fsp3) is 0.250. The van der Waals surface area contributed by atoms with Crippen molar-refractivity contribution in [3.8, 4) is 5.75 Å². The normalized spacial score (nSPS) is 11.8. The molecule has 0 atom stereocenters. The third kappa shape index (κ3) is 3.03. The summed E-state index contributed by atoms with van der Waals surface area (Å²) in [7, 11) is 1.27.